The van der Waals surface area contributed by atoms with E-state index < -0.39 is 6.10 Å². The van der Waals surface area contributed by atoms with E-state index in [1.165, 1.54) is 12.0 Å². The van der Waals surface area contributed by atoms with Gasteiger partial charge in [-0.1, -0.05) is 33.3 Å². The van der Waals surface area contributed by atoms with Crippen LogP contribution in [0, 0.1) is 5.92 Å². The van der Waals surface area contributed by atoms with Gasteiger partial charge in [0.2, 0.25) is 0 Å². The number of hydrogen-bond donors (Lipinski definition) is 1. The van der Waals surface area contributed by atoms with Gasteiger partial charge in [0.25, 0.3) is 0 Å². The SMILES string of the molecule is CCOc1ccc(C(C)O)cc1CN(CC)CC(C)CC. The van der Waals surface area contributed by atoms with Crippen molar-refractivity contribution in [3.05, 3.63) is 29.3 Å². The molecule has 0 spiro atoms. The Morgan fingerprint density at radius 1 is 1.19 bits per heavy atom. The lowest BCUT2D eigenvalue weighted by atomic mass is 10.0. The minimum absolute atomic E-state index is 0.441. The largest absolute Gasteiger partial charge is 0.494 e. The van der Waals surface area contributed by atoms with Gasteiger partial charge in [0.1, 0.15) is 5.75 Å². The molecular formula is C18H31NO2. The van der Waals surface area contributed by atoms with E-state index in [1.54, 1.807) is 6.92 Å². The molecule has 0 heterocycles. The zero-order valence-electron chi connectivity index (χ0n) is 14.2. The van der Waals surface area contributed by atoms with E-state index in [0.29, 0.717) is 12.5 Å². The van der Waals surface area contributed by atoms with Crippen LogP contribution in [-0.2, 0) is 6.54 Å². The van der Waals surface area contributed by atoms with E-state index in [0.717, 1.165) is 30.9 Å². The lowest BCUT2D eigenvalue weighted by Crippen LogP contribution is -2.28. The van der Waals surface area contributed by atoms with Crippen LogP contribution in [0.3, 0.4) is 0 Å². The van der Waals surface area contributed by atoms with Crippen LogP contribution in [0.5, 0.6) is 5.75 Å². The molecular weight excluding hydrogens is 262 g/mol. The Morgan fingerprint density at radius 3 is 2.43 bits per heavy atom. The summed E-state index contributed by atoms with van der Waals surface area (Å²) in [5, 5.41) is 9.79. The predicted octanol–water partition coefficient (Wildman–Crippen LogP) is 4.01. The van der Waals surface area contributed by atoms with Gasteiger partial charge in [-0.15, -0.1) is 0 Å². The van der Waals surface area contributed by atoms with Crippen LogP contribution < -0.4 is 4.74 Å². The van der Waals surface area contributed by atoms with E-state index in [-0.39, 0.29) is 0 Å². The first-order valence-electron chi connectivity index (χ1n) is 8.17. The highest BCUT2D eigenvalue weighted by atomic mass is 16.5. The quantitative estimate of drug-likeness (QED) is 0.747. The van der Waals surface area contributed by atoms with Gasteiger partial charge in [-0.05, 0) is 44.0 Å². The van der Waals surface area contributed by atoms with Crippen molar-refractivity contribution < 1.29 is 9.84 Å². The lowest BCUT2D eigenvalue weighted by molar-refractivity contribution is 0.198. The van der Waals surface area contributed by atoms with Crippen LogP contribution >= 0.6 is 0 Å². The number of benzene rings is 1. The van der Waals surface area contributed by atoms with Crippen molar-refractivity contribution in [2.24, 2.45) is 5.92 Å². The molecule has 0 fully saturated rings. The molecule has 1 rings (SSSR count). The minimum atomic E-state index is -0.441. The van der Waals surface area contributed by atoms with Crippen molar-refractivity contribution in [3.63, 3.8) is 0 Å². The Balaban J connectivity index is 2.93. The summed E-state index contributed by atoms with van der Waals surface area (Å²) in [5.74, 6) is 1.63. The summed E-state index contributed by atoms with van der Waals surface area (Å²) in [4.78, 5) is 2.44. The summed E-state index contributed by atoms with van der Waals surface area (Å²) < 4.78 is 5.74. The highest BCUT2D eigenvalue weighted by Crippen LogP contribution is 2.25. The van der Waals surface area contributed by atoms with Crippen LogP contribution in [0.15, 0.2) is 18.2 Å². The second kappa shape index (κ2) is 9.06. The van der Waals surface area contributed by atoms with E-state index in [2.05, 4.69) is 31.7 Å². The normalized spacial score (nSPS) is 14.2. The highest BCUT2D eigenvalue weighted by molar-refractivity contribution is 5.38. The fourth-order valence-corrected chi connectivity index (χ4v) is 2.40. The molecule has 2 unspecified atom stereocenters. The first kappa shape index (κ1) is 18.0. The summed E-state index contributed by atoms with van der Waals surface area (Å²) in [6.45, 7) is 14.2. The summed E-state index contributed by atoms with van der Waals surface area (Å²) >= 11 is 0. The number of aliphatic hydroxyl groups excluding tert-OH is 1. The Bertz CT molecular complexity index is 418. The lowest BCUT2D eigenvalue weighted by Gasteiger charge is -2.25. The molecule has 3 heteroatoms. The average molecular weight is 293 g/mol. The summed E-state index contributed by atoms with van der Waals surface area (Å²) in [6.07, 6.45) is 0.756. The summed E-state index contributed by atoms with van der Waals surface area (Å²) in [5.41, 5.74) is 2.12. The van der Waals surface area contributed by atoms with Gasteiger partial charge in [-0.3, -0.25) is 4.90 Å². The smallest absolute Gasteiger partial charge is 0.123 e. The maximum atomic E-state index is 9.79. The molecule has 3 nitrogen and oxygen atoms in total. The van der Waals surface area contributed by atoms with E-state index in [4.69, 9.17) is 4.74 Å². The number of nitrogens with zero attached hydrogens (tertiary/aromatic N) is 1. The molecule has 0 saturated heterocycles. The van der Waals surface area contributed by atoms with Crippen LogP contribution in [0.2, 0.25) is 0 Å². The molecule has 1 aromatic carbocycles. The van der Waals surface area contributed by atoms with Crippen molar-refractivity contribution >= 4 is 0 Å². The first-order chi connectivity index (χ1) is 10.0. The van der Waals surface area contributed by atoms with E-state index >= 15 is 0 Å². The van der Waals surface area contributed by atoms with Gasteiger partial charge in [-0.2, -0.15) is 0 Å². The molecule has 0 bridgehead atoms. The number of hydrogen-bond acceptors (Lipinski definition) is 3. The van der Waals surface area contributed by atoms with Gasteiger partial charge in [0.05, 0.1) is 12.7 Å². The topological polar surface area (TPSA) is 32.7 Å². The van der Waals surface area contributed by atoms with Gasteiger partial charge in [0, 0.05) is 18.7 Å². The third-order valence-electron chi connectivity index (χ3n) is 3.97. The number of rotatable bonds is 9. The molecule has 1 aromatic rings. The fraction of sp³-hybridized carbons (Fsp3) is 0.667. The highest BCUT2D eigenvalue weighted by Gasteiger charge is 2.13. The zero-order chi connectivity index (χ0) is 15.8. The van der Waals surface area contributed by atoms with Gasteiger partial charge in [-0.25, -0.2) is 0 Å². The van der Waals surface area contributed by atoms with Crippen molar-refractivity contribution in [1.29, 1.82) is 0 Å². The zero-order valence-corrected chi connectivity index (χ0v) is 14.2. The predicted molar refractivity (Wildman–Crippen MR) is 88.7 cm³/mol. The second-order valence-electron chi connectivity index (χ2n) is 5.82. The van der Waals surface area contributed by atoms with Crippen molar-refractivity contribution in [1.82, 2.24) is 4.90 Å². The molecule has 0 saturated carbocycles. The second-order valence-corrected chi connectivity index (χ2v) is 5.82. The van der Waals surface area contributed by atoms with Crippen molar-refractivity contribution in [3.8, 4) is 5.75 Å². The first-order valence-corrected chi connectivity index (χ1v) is 8.17. The molecule has 0 aliphatic heterocycles. The van der Waals surface area contributed by atoms with Crippen LogP contribution in [0.1, 0.15) is 58.3 Å². The van der Waals surface area contributed by atoms with Crippen molar-refractivity contribution in [2.45, 2.75) is 53.7 Å². The molecule has 0 radical (unpaired) electrons. The third kappa shape index (κ3) is 5.68. The summed E-state index contributed by atoms with van der Waals surface area (Å²) in [7, 11) is 0. The molecule has 0 aromatic heterocycles. The molecule has 21 heavy (non-hydrogen) atoms. The third-order valence-corrected chi connectivity index (χ3v) is 3.97. The Kier molecular flexibility index (Phi) is 7.76. The maximum Gasteiger partial charge on any atom is 0.123 e. The van der Waals surface area contributed by atoms with Gasteiger partial charge < -0.3 is 9.84 Å². The molecule has 0 amide bonds. The van der Waals surface area contributed by atoms with Crippen LogP contribution in [0.4, 0.5) is 0 Å². The molecule has 0 aliphatic carbocycles. The molecule has 0 aliphatic rings. The van der Waals surface area contributed by atoms with E-state index in [1.807, 2.05) is 19.1 Å². The fourth-order valence-electron chi connectivity index (χ4n) is 2.40. The molecule has 2 atom stereocenters. The molecule has 120 valence electrons. The standard InChI is InChI=1S/C18H31NO2/c1-6-14(4)12-19(7-2)13-17-11-16(15(5)20)9-10-18(17)21-8-3/h9-11,14-15,20H,6-8,12-13H2,1-5H3. The molecule has 1 N–H and O–H groups in total. The van der Waals surface area contributed by atoms with Crippen LogP contribution in [-0.4, -0.2) is 29.7 Å². The van der Waals surface area contributed by atoms with Gasteiger partial charge >= 0.3 is 0 Å². The summed E-state index contributed by atoms with van der Waals surface area (Å²) in [6, 6.07) is 6.01. The minimum Gasteiger partial charge on any atom is -0.494 e. The maximum absolute atomic E-state index is 9.79. The Labute approximate surface area is 129 Å². The van der Waals surface area contributed by atoms with Crippen LogP contribution in [0.25, 0.3) is 0 Å². The Hall–Kier alpha value is -1.06. The monoisotopic (exact) mass is 293 g/mol. The Morgan fingerprint density at radius 2 is 1.90 bits per heavy atom. The number of ether oxygens (including phenoxy) is 1. The van der Waals surface area contributed by atoms with Crippen molar-refractivity contribution in [2.75, 3.05) is 19.7 Å². The van der Waals surface area contributed by atoms with E-state index in [9.17, 15) is 5.11 Å². The number of aliphatic hydroxyl groups is 1. The average Bonchev–Trinajstić information content (AvgIpc) is 2.47. The van der Waals surface area contributed by atoms with Gasteiger partial charge in [0.15, 0.2) is 0 Å².